The minimum absolute atomic E-state index is 0.0660. The van der Waals surface area contributed by atoms with E-state index in [2.05, 4.69) is 0 Å². The van der Waals surface area contributed by atoms with E-state index >= 15 is 0 Å². The Hall–Kier alpha value is -2.87. The summed E-state index contributed by atoms with van der Waals surface area (Å²) in [6.45, 7) is 1.68. The summed E-state index contributed by atoms with van der Waals surface area (Å²) in [5.41, 5.74) is -1.53. The highest BCUT2D eigenvalue weighted by molar-refractivity contribution is 5.86. The quantitative estimate of drug-likeness (QED) is 0.780. The Bertz CT molecular complexity index is 819. The lowest BCUT2D eigenvalue weighted by molar-refractivity contribution is 0.0693. The third kappa shape index (κ3) is 3.32. The molecule has 0 aliphatic heterocycles. The van der Waals surface area contributed by atoms with Crippen molar-refractivity contribution < 1.29 is 19.7 Å². The molecule has 8 heteroatoms. The van der Waals surface area contributed by atoms with Crippen LogP contribution in [0.15, 0.2) is 40.1 Å². The summed E-state index contributed by atoms with van der Waals surface area (Å²) in [5, 5.41) is 17.8. The summed E-state index contributed by atoms with van der Waals surface area (Å²) in [6, 6.07) is 6.28. The molecule has 1 heterocycles. The number of nitrogens with zero attached hydrogens (tertiary/aromatic N) is 2. The number of aromatic carboxylic acids is 1. The highest BCUT2D eigenvalue weighted by Gasteiger charge is 2.16. The van der Waals surface area contributed by atoms with Gasteiger partial charge < -0.3 is 14.9 Å². The van der Waals surface area contributed by atoms with Crippen LogP contribution in [-0.4, -0.2) is 38.5 Å². The van der Waals surface area contributed by atoms with Crippen molar-refractivity contribution in [3.8, 4) is 11.4 Å². The lowest BCUT2D eigenvalue weighted by atomic mass is 10.2. The van der Waals surface area contributed by atoms with Crippen LogP contribution < -0.4 is 16.0 Å². The maximum atomic E-state index is 12.3. The van der Waals surface area contributed by atoms with Crippen molar-refractivity contribution in [1.82, 2.24) is 9.13 Å². The van der Waals surface area contributed by atoms with Crippen molar-refractivity contribution in [2.75, 3.05) is 13.2 Å². The van der Waals surface area contributed by atoms with Crippen molar-refractivity contribution in [2.24, 2.45) is 0 Å². The molecule has 8 nitrogen and oxygen atoms in total. The summed E-state index contributed by atoms with van der Waals surface area (Å²) >= 11 is 0. The summed E-state index contributed by atoms with van der Waals surface area (Å²) in [4.78, 5) is 35.4. The number of carbonyl (C=O) groups is 1. The number of carboxylic acid groups (broad SMARTS) is 1. The predicted molar refractivity (Wildman–Crippen MR) is 81.5 cm³/mol. The van der Waals surface area contributed by atoms with E-state index in [-0.39, 0.29) is 19.8 Å². The van der Waals surface area contributed by atoms with Gasteiger partial charge in [0.2, 0.25) is 0 Å². The smallest absolute Gasteiger partial charge is 0.342 e. The first-order valence-corrected chi connectivity index (χ1v) is 6.93. The van der Waals surface area contributed by atoms with Crippen LogP contribution in [0, 0.1) is 0 Å². The Labute approximate surface area is 130 Å². The summed E-state index contributed by atoms with van der Waals surface area (Å²) in [6.07, 6.45) is 1.02. The third-order valence-corrected chi connectivity index (χ3v) is 3.19. The fourth-order valence-corrected chi connectivity index (χ4v) is 2.08. The molecule has 1 aromatic heterocycles. The number of aliphatic hydroxyl groups is 1. The molecule has 2 aromatic rings. The number of aromatic nitrogens is 2. The Balaban J connectivity index is 2.55. The molecule has 0 spiro atoms. The summed E-state index contributed by atoms with van der Waals surface area (Å²) in [5.74, 6) is -0.896. The van der Waals surface area contributed by atoms with Gasteiger partial charge in [0.1, 0.15) is 17.9 Å². The number of rotatable bonds is 6. The van der Waals surface area contributed by atoms with Gasteiger partial charge in [0.15, 0.2) is 0 Å². The maximum absolute atomic E-state index is 12.3. The highest BCUT2D eigenvalue weighted by Crippen LogP contribution is 2.14. The molecule has 0 amide bonds. The minimum Gasteiger partial charge on any atom is -0.491 e. The van der Waals surface area contributed by atoms with Gasteiger partial charge >= 0.3 is 11.7 Å². The summed E-state index contributed by atoms with van der Waals surface area (Å²) < 4.78 is 7.18. The molecule has 0 saturated carbocycles. The molecule has 0 atom stereocenters. The third-order valence-electron chi connectivity index (χ3n) is 3.19. The molecule has 0 radical (unpaired) electrons. The van der Waals surface area contributed by atoms with Crippen LogP contribution in [0.5, 0.6) is 5.75 Å². The number of benzene rings is 1. The predicted octanol–water partition coefficient (Wildman–Crippen LogP) is 0.0884. The van der Waals surface area contributed by atoms with Gasteiger partial charge in [-0.2, -0.15) is 0 Å². The van der Waals surface area contributed by atoms with Gasteiger partial charge in [-0.3, -0.25) is 13.9 Å². The molecule has 0 unspecified atom stereocenters. The molecule has 1 aromatic carbocycles. The Kier molecular flexibility index (Phi) is 4.97. The second-order valence-corrected chi connectivity index (χ2v) is 4.62. The monoisotopic (exact) mass is 320 g/mol. The molecule has 122 valence electrons. The molecule has 0 aliphatic rings. The van der Waals surface area contributed by atoms with Crippen LogP contribution in [0.3, 0.4) is 0 Å². The average Bonchev–Trinajstić information content (AvgIpc) is 2.54. The van der Waals surface area contributed by atoms with Crippen LogP contribution in [0.1, 0.15) is 17.3 Å². The number of ether oxygens (including phenoxy) is 1. The Morgan fingerprint density at radius 3 is 2.39 bits per heavy atom. The van der Waals surface area contributed by atoms with Crippen LogP contribution in [0.25, 0.3) is 5.69 Å². The van der Waals surface area contributed by atoms with E-state index in [1.807, 2.05) is 0 Å². The first kappa shape index (κ1) is 16.5. The largest absolute Gasteiger partial charge is 0.491 e. The number of hydrogen-bond acceptors (Lipinski definition) is 5. The van der Waals surface area contributed by atoms with E-state index in [1.54, 1.807) is 31.2 Å². The van der Waals surface area contributed by atoms with Crippen LogP contribution in [0.4, 0.5) is 0 Å². The second kappa shape index (κ2) is 6.93. The molecule has 0 fully saturated rings. The first-order chi connectivity index (χ1) is 11.0. The first-order valence-electron chi connectivity index (χ1n) is 6.93. The van der Waals surface area contributed by atoms with Gasteiger partial charge in [-0.1, -0.05) is 0 Å². The lowest BCUT2D eigenvalue weighted by Crippen LogP contribution is -2.41. The normalized spacial score (nSPS) is 10.5. The fourth-order valence-electron chi connectivity index (χ4n) is 2.08. The van der Waals surface area contributed by atoms with E-state index in [0.717, 1.165) is 15.3 Å². The van der Waals surface area contributed by atoms with Crippen LogP contribution >= 0.6 is 0 Å². The van der Waals surface area contributed by atoms with Crippen molar-refractivity contribution in [3.63, 3.8) is 0 Å². The van der Waals surface area contributed by atoms with Gasteiger partial charge in [-0.15, -0.1) is 0 Å². The molecule has 2 rings (SSSR count). The maximum Gasteiger partial charge on any atom is 0.342 e. The van der Waals surface area contributed by atoms with E-state index < -0.39 is 22.8 Å². The molecular weight excluding hydrogens is 304 g/mol. The Morgan fingerprint density at radius 1 is 1.22 bits per heavy atom. The lowest BCUT2D eigenvalue weighted by Gasteiger charge is -2.11. The van der Waals surface area contributed by atoms with Crippen molar-refractivity contribution in [3.05, 3.63) is 56.9 Å². The molecular formula is C15H16N2O6. The highest BCUT2D eigenvalue weighted by atomic mass is 16.5. The minimum atomic E-state index is -1.39. The number of carboxylic acids is 1. The van der Waals surface area contributed by atoms with Crippen LogP contribution in [0.2, 0.25) is 0 Å². The zero-order valence-corrected chi connectivity index (χ0v) is 12.4. The van der Waals surface area contributed by atoms with Gasteiger partial charge in [0, 0.05) is 12.7 Å². The van der Waals surface area contributed by atoms with Gasteiger partial charge in [-0.25, -0.2) is 9.59 Å². The molecule has 23 heavy (non-hydrogen) atoms. The summed E-state index contributed by atoms with van der Waals surface area (Å²) in [7, 11) is 0. The fraction of sp³-hybridized carbons (Fsp3) is 0.267. The Morgan fingerprint density at radius 2 is 1.87 bits per heavy atom. The van der Waals surface area contributed by atoms with Gasteiger partial charge in [-0.05, 0) is 31.2 Å². The standard InChI is InChI=1S/C15H16N2O6/c1-2-16-13(19)12(14(20)21)9-17(15(16)22)10-3-5-11(6-4-10)23-8-7-18/h3-6,9,18H,2,7-8H2,1H3,(H,20,21). The zero-order chi connectivity index (χ0) is 17.0. The van der Waals surface area contributed by atoms with E-state index in [9.17, 15) is 14.4 Å². The topological polar surface area (TPSA) is 111 Å². The van der Waals surface area contributed by atoms with E-state index in [0.29, 0.717) is 11.4 Å². The van der Waals surface area contributed by atoms with Crippen LogP contribution in [-0.2, 0) is 6.54 Å². The SMILES string of the molecule is CCn1c(=O)c(C(=O)O)cn(-c2ccc(OCCO)cc2)c1=O. The average molecular weight is 320 g/mol. The number of hydrogen-bond donors (Lipinski definition) is 2. The van der Waals surface area contributed by atoms with Crippen molar-refractivity contribution >= 4 is 5.97 Å². The van der Waals surface area contributed by atoms with Crippen molar-refractivity contribution in [2.45, 2.75) is 13.5 Å². The molecule has 2 N–H and O–H groups in total. The van der Waals surface area contributed by atoms with E-state index in [4.69, 9.17) is 14.9 Å². The second-order valence-electron chi connectivity index (χ2n) is 4.62. The van der Waals surface area contributed by atoms with Gasteiger partial charge in [0.05, 0.1) is 12.3 Å². The van der Waals surface area contributed by atoms with Gasteiger partial charge in [0.25, 0.3) is 5.56 Å². The molecule has 0 saturated heterocycles. The molecule has 0 bridgehead atoms. The number of aliphatic hydroxyl groups excluding tert-OH is 1. The molecule has 0 aliphatic carbocycles. The van der Waals surface area contributed by atoms with Crippen molar-refractivity contribution in [1.29, 1.82) is 0 Å². The zero-order valence-electron chi connectivity index (χ0n) is 12.4. The van der Waals surface area contributed by atoms with E-state index in [1.165, 1.54) is 0 Å².